The minimum atomic E-state index is -0.546. The summed E-state index contributed by atoms with van der Waals surface area (Å²) < 4.78 is 7.27. The number of ether oxygens (including phenoxy) is 1. The molecule has 0 aliphatic rings. The zero-order valence-corrected chi connectivity index (χ0v) is 17.0. The highest BCUT2D eigenvalue weighted by atomic mass is 16.6. The first-order chi connectivity index (χ1) is 12.8. The van der Waals surface area contributed by atoms with E-state index in [0.717, 1.165) is 22.2 Å². The lowest BCUT2D eigenvalue weighted by Crippen LogP contribution is -2.33. The van der Waals surface area contributed by atoms with Gasteiger partial charge in [-0.2, -0.15) is 0 Å². The van der Waals surface area contributed by atoms with E-state index in [1.54, 1.807) is 0 Å². The molecule has 3 rings (SSSR count). The van der Waals surface area contributed by atoms with E-state index in [2.05, 4.69) is 15.3 Å². The van der Waals surface area contributed by atoms with Crippen molar-refractivity contribution >= 4 is 33.8 Å². The molecule has 27 heavy (non-hydrogen) atoms. The Morgan fingerprint density at radius 3 is 2.52 bits per heavy atom. The molecule has 0 atom stereocenters. The van der Waals surface area contributed by atoms with Crippen LogP contribution in [0.1, 0.15) is 47.4 Å². The van der Waals surface area contributed by atoms with Crippen molar-refractivity contribution < 1.29 is 9.53 Å². The monoisotopic (exact) mass is 371 g/mol. The number of rotatable bonds is 3. The number of amides is 1. The van der Waals surface area contributed by atoms with Gasteiger partial charge in [0, 0.05) is 11.8 Å². The van der Waals surface area contributed by atoms with E-state index in [-0.39, 0.29) is 6.67 Å². The van der Waals surface area contributed by atoms with Gasteiger partial charge in [-0.1, -0.05) is 39.0 Å². The summed E-state index contributed by atoms with van der Waals surface area (Å²) >= 11 is 0. The number of nitrogens with one attached hydrogen (secondary N) is 1. The molecule has 0 bridgehead atoms. The van der Waals surface area contributed by atoms with E-state index in [0.29, 0.717) is 17.8 Å². The number of nitrogens with zero attached hydrogens (tertiary/aromatic N) is 3. The van der Waals surface area contributed by atoms with Gasteiger partial charge in [-0.3, -0.25) is 0 Å². The molecule has 0 saturated heterocycles. The van der Waals surface area contributed by atoms with Crippen LogP contribution < -0.4 is 11.1 Å². The van der Waals surface area contributed by atoms with Crippen LogP contribution in [0, 0.1) is 0 Å². The standard InChI is InChI=1S/C18H23N5O2.C2H6/c1-5-13-22-14-15(11-8-6-7-9-12(11)21-16(14)19)23(13)10-20-17(24)25-18(2,3)4;1-2/h6-9H,5,10H2,1-4H3,(H2,19,21)(H,20,24);1-2H3. The summed E-state index contributed by atoms with van der Waals surface area (Å²) in [5.41, 5.74) is 7.88. The summed E-state index contributed by atoms with van der Waals surface area (Å²) in [4.78, 5) is 21.1. The van der Waals surface area contributed by atoms with Crippen LogP contribution in [0.3, 0.4) is 0 Å². The van der Waals surface area contributed by atoms with Crippen molar-refractivity contribution in [3.63, 3.8) is 0 Å². The summed E-state index contributed by atoms with van der Waals surface area (Å²) in [5, 5.41) is 3.74. The van der Waals surface area contributed by atoms with Crippen molar-refractivity contribution in [3.8, 4) is 0 Å². The molecular weight excluding hydrogens is 342 g/mol. The number of anilines is 1. The predicted octanol–water partition coefficient (Wildman–Crippen LogP) is 4.24. The lowest BCUT2D eigenvalue weighted by atomic mass is 10.2. The Hall–Kier alpha value is -2.83. The van der Waals surface area contributed by atoms with Gasteiger partial charge in [0.15, 0.2) is 5.82 Å². The highest BCUT2D eigenvalue weighted by Crippen LogP contribution is 2.28. The number of benzene rings is 1. The van der Waals surface area contributed by atoms with E-state index in [1.165, 1.54) is 0 Å². The van der Waals surface area contributed by atoms with Gasteiger partial charge >= 0.3 is 6.09 Å². The lowest BCUT2D eigenvalue weighted by molar-refractivity contribution is 0.0512. The van der Waals surface area contributed by atoms with Crippen molar-refractivity contribution in [2.45, 2.75) is 60.2 Å². The van der Waals surface area contributed by atoms with Crippen molar-refractivity contribution in [1.82, 2.24) is 19.9 Å². The van der Waals surface area contributed by atoms with E-state index >= 15 is 0 Å². The van der Waals surface area contributed by atoms with Gasteiger partial charge in [0.1, 0.15) is 16.9 Å². The number of para-hydroxylation sites is 1. The third-order valence-electron chi connectivity index (χ3n) is 3.79. The molecular formula is C20H29N5O2. The molecule has 2 heterocycles. The number of aryl methyl sites for hydroxylation is 1. The fourth-order valence-electron chi connectivity index (χ4n) is 2.80. The molecule has 7 nitrogen and oxygen atoms in total. The van der Waals surface area contributed by atoms with E-state index < -0.39 is 11.7 Å². The van der Waals surface area contributed by atoms with Crippen LogP contribution in [0.2, 0.25) is 0 Å². The first-order valence-corrected chi connectivity index (χ1v) is 9.30. The quantitative estimate of drug-likeness (QED) is 0.718. The van der Waals surface area contributed by atoms with Crippen LogP contribution in [0.15, 0.2) is 24.3 Å². The van der Waals surface area contributed by atoms with Gasteiger partial charge in [0.05, 0.1) is 17.7 Å². The van der Waals surface area contributed by atoms with Crippen molar-refractivity contribution in [2.24, 2.45) is 0 Å². The van der Waals surface area contributed by atoms with E-state index in [1.807, 2.05) is 70.4 Å². The van der Waals surface area contributed by atoms with E-state index in [4.69, 9.17) is 10.5 Å². The number of nitrogen functional groups attached to an aromatic ring is 1. The minimum absolute atomic E-state index is 0.252. The van der Waals surface area contributed by atoms with Crippen LogP contribution in [-0.4, -0.2) is 26.2 Å². The topological polar surface area (TPSA) is 95.1 Å². The molecule has 3 aromatic rings. The molecule has 0 saturated carbocycles. The molecule has 0 aliphatic carbocycles. The molecule has 7 heteroatoms. The number of hydrogen-bond donors (Lipinski definition) is 2. The number of fused-ring (bicyclic) bond motifs is 3. The van der Waals surface area contributed by atoms with Crippen LogP contribution >= 0.6 is 0 Å². The summed E-state index contributed by atoms with van der Waals surface area (Å²) in [6.07, 6.45) is 0.237. The summed E-state index contributed by atoms with van der Waals surface area (Å²) in [5.74, 6) is 1.22. The zero-order valence-electron chi connectivity index (χ0n) is 17.0. The second-order valence-corrected chi connectivity index (χ2v) is 6.86. The average molecular weight is 371 g/mol. The molecule has 1 aromatic carbocycles. The van der Waals surface area contributed by atoms with Gasteiger partial charge < -0.3 is 20.4 Å². The predicted molar refractivity (Wildman–Crippen MR) is 110 cm³/mol. The molecule has 3 N–H and O–H groups in total. The van der Waals surface area contributed by atoms with Crippen molar-refractivity contribution in [1.29, 1.82) is 0 Å². The normalized spacial score (nSPS) is 11.2. The van der Waals surface area contributed by atoms with Crippen LogP contribution in [0.5, 0.6) is 0 Å². The second kappa shape index (κ2) is 8.24. The maximum atomic E-state index is 12.0. The Kier molecular flexibility index (Phi) is 6.25. The third kappa shape index (κ3) is 4.48. The molecule has 146 valence electrons. The number of carbonyl (C=O) groups excluding carboxylic acids is 1. The summed E-state index contributed by atoms with van der Waals surface area (Å²) in [6.45, 7) is 11.8. The molecule has 0 spiro atoms. The maximum Gasteiger partial charge on any atom is 0.409 e. The molecule has 2 aromatic heterocycles. The fourth-order valence-corrected chi connectivity index (χ4v) is 2.80. The van der Waals surface area contributed by atoms with Gasteiger partial charge in [0.2, 0.25) is 0 Å². The minimum Gasteiger partial charge on any atom is -0.444 e. The van der Waals surface area contributed by atoms with Gasteiger partial charge in [-0.05, 0) is 26.8 Å². The van der Waals surface area contributed by atoms with Gasteiger partial charge in [0.25, 0.3) is 0 Å². The average Bonchev–Trinajstić information content (AvgIpc) is 3.00. The number of aromatic nitrogens is 3. The Morgan fingerprint density at radius 2 is 1.89 bits per heavy atom. The smallest absolute Gasteiger partial charge is 0.409 e. The van der Waals surface area contributed by atoms with Gasteiger partial charge in [-0.25, -0.2) is 14.8 Å². The lowest BCUT2D eigenvalue weighted by Gasteiger charge is -2.20. The van der Waals surface area contributed by atoms with Gasteiger partial charge in [-0.15, -0.1) is 0 Å². The molecule has 0 aliphatic heterocycles. The number of hydrogen-bond acceptors (Lipinski definition) is 5. The Balaban J connectivity index is 0.00000126. The first-order valence-electron chi connectivity index (χ1n) is 9.30. The number of alkyl carbamates (subject to hydrolysis) is 1. The Morgan fingerprint density at radius 1 is 1.22 bits per heavy atom. The van der Waals surface area contributed by atoms with Crippen LogP contribution in [-0.2, 0) is 17.8 Å². The first kappa shape index (κ1) is 20.5. The number of imidazole rings is 1. The number of pyridine rings is 1. The second-order valence-electron chi connectivity index (χ2n) is 6.86. The number of nitrogens with two attached hydrogens (primary N) is 1. The largest absolute Gasteiger partial charge is 0.444 e. The summed E-state index contributed by atoms with van der Waals surface area (Å²) in [7, 11) is 0. The molecule has 0 radical (unpaired) electrons. The highest BCUT2D eigenvalue weighted by molar-refractivity contribution is 6.06. The Bertz CT molecular complexity index is 941. The highest BCUT2D eigenvalue weighted by Gasteiger charge is 2.19. The molecule has 1 amide bonds. The number of carbonyl (C=O) groups is 1. The van der Waals surface area contributed by atoms with Crippen molar-refractivity contribution in [3.05, 3.63) is 30.1 Å². The van der Waals surface area contributed by atoms with Crippen LogP contribution in [0.4, 0.5) is 10.6 Å². The van der Waals surface area contributed by atoms with Crippen LogP contribution in [0.25, 0.3) is 21.9 Å². The fraction of sp³-hybridized carbons (Fsp3) is 0.450. The third-order valence-corrected chi connectivity index (χ3v) is 3.79. The zero-order chi connectivity index (χ0) is 20.2. The Labute approximate surface area is 159 Å². The van der Waals surface area contributed by atoms with Crippen molar-refractivity contribution in [2.75, 3.05) is 5.73 Å². The molecule has 0 fully saturated rings. The maximum absolute atomic E-state index is 12.0. The SMILES string of the molecule is CC.CCc1nc2c(N)nc3ccccc3c2n1CNC(=O)OC(C)(C)C. The van der Waals surface area contributed by atoms with E-state index in [9.17, 15) is 4.79 Å². The molecule has 0 unspecified atom stereocenters. The summed E-state index contributed by atoms with van der Waals surface area (Å²) in [6, 6.07) is 7.76.